The molecule has 0 spiro atoms. The van der Waals surface area contributed by atoms with E-state index in [1.54, 1.807) is 17.0 Å². The molecule has 0 radical (unpaired) electrons. The van der Waals surface area contributed by atoms with Crippen molar-refractivity contribution < 1.29 is 23.1 Å². The van der Waals surface area contributed by atoms with E-state index in [0.29, 0.717) is 6.54 Å². The van der Waals surface area contributed by atoms with Crippen molar-refractivity contribution in [2.45, 2.75) is 32.9 Å². The van der Waals surface area contributed by atoms with Crippen LogP contribution >= 0.6 is 0 Å². The number of anilines is 1. The third-order valence-corrected chi connectivity index (χ3v) is 4.77. The zero-order valence-corrected chi connectivity index (χ0v) is 15.5. The molecule has 1 fully saturated rings. The zero-order valence-electron chi connectivity index (χ0n) is 15.5. The molecule has 2 aromatic carbocycles. The van der Waals surface area contributed by atoms with E-state index in [1.165, 1.54) is 12.1 Å². The van der Waals surface area contributed by atoms with Crippen molar-refractivity contribution in [3.63, 3.8) is 0 Å². The number of hydrogen-bond donors (Lipinski definition) is 1. The molecule has 5 nitrogen and oxygen atoms in total. The van der Waals surface area contributed by atoms with Gasteiger partial charge in [0.05, 0.1) is 5.92 Å². The Kier molecular flexibility index (Phi) is 6.23. The number of carbonyl (C=O) groups is 2. The van der Waals surface area contributed by atoms with E-state index < -0.39 is 12.5 Å². The lowest BCUT2D eigenvalue weighted by Gasteiger charge is -2.20. The van der Waals surface area contributed by atoms with Crippen molar-refractivity contribution in [2.24, 2.45) is 5.92 Å². The summed E-state index contributed by atoms with van der Waals surface area (Å²) in [6, 6.07) is 13.8. The van der Waals surface area contributed by atoms with Crippen LogP contribution in [0.15, 0.2) is 48.5 Å². The molecule has 148 valence electrons. The van der Waals surface area contributed by atoms with Gasteiger partial charge in [0.2, 0.25) is 11.8 Å². The zero-order chi connectivity index (χ0) is 20.1. The number of aryl methyl sites for hydroxylation is 1. The Labute approximate surface area is 162 Å². The summed E-state index contributed by atoms with van der Waals surface area (Å²) in [6.45, 7) is -0.236. The number of para-hydroxylation sites is 1. The third kappa shape index (κ3) is 4.65. The molecule has 1 unspecified atom stereocenters. The van der Waals surface area contributed by atoms with Crippen molar-refractivity contribution in [3.8, 4) is 5.75 Å². The fourth-order valence-corrected chi connectivity index (χ4v) is 3.31. The Morgan fingerprint density at radius 1 is 1.21 bits per heavy atom. The maximum atomic E-state index is 12.5. The van der Waals surface area contributed by atoms with Gasteiger partial charge in [-0.05, 0) is 35.7 Å². The molecular weight excluding hydrogens is 366 g/mol. The molecule has 1 aliphatic rings. The summed E-state index contributed by atoms with van der Waals surface area (Å²) in [5.41, 5.74) is 2.69. The first-order valence-electron chi connectivity index (χ1n) is 9.17. The number of hydrogen-bond acceptors (Lipinski definition) is 3. The van der Waals surface area contributed by atoms with Gasteiger partial charge in [0, 0.05) is 25.2 Å². The van der Waals surface area contributed by atoms with Crippen LogP contribution in [0.2, 0.25) is 0 Å². The topological polar surface area (TPSA) is 58.6 Å². The molecular formula is C21H22F2N2O3. The van der Waals surface area contributed by atoms with E-state index >= 15 is 0 Å². The predicted octanol–water partition coefficient (Wildman–Crippen LogP) is 3.52. The van der Waals surface area contributed by atoms with E-state index in [0.717, 1.165) is 23.2 Å². The average Bonchev–Trinajstić information content (AvgIpc) is 3.08. The van der Waals surface area contributed by atoms with Gasteiger partial charge < -0.3 is 15.0 Å². The van der Waals surface area contributed by atoms with Crippen molar-refractivity contribution in [3.05, 3.63) is 59.7 Å². The molecule has 28 heavy (non-hydrogen) atoms. The van der Waals surface area contributed by atoms with E-state index in [1.807, 2.05) is 31.2 Å². The highest BCUT2D eigenvalue weighted by atomic mass is 19.3. The van der Waals surface area contributed by atoms with Gasteiger partial charge in [0.1, 0.15) is 5.75 Å². The Morgan fingerprint density at radius 2 is 1.93 bits per heavy atom. The van der Waals surface area contributed by atoms with Crippen LogP contribution in [0.4, 0.5) is 14.5 Å². The average molecular weight is 388 g/mol. The number of amides is 2. The fraction of sp³-hybridized carbons (Fsp3) is 0.333. The lowest BCUT2D eigenvalue weighted by Crippen LogP contribution is -2.32. The molecule has 1 aliphatic heterocycles. The first kappa shape index (κ1) is 19.8. The normalized spacial score (nSPS) is 16.5. The summed E-state index contributed by atoms with van der Waals surface area (Å²) in [4.78, 5) is 26.6. The second kappa shape index (κ2) is 8.82. The van der Waals surface area contributed by atoms with Crippen LogP contribution in [0.3, 0.4) is 0 Å². The van der Waals surface area contributed by atoms with Crippen LogP contribution in [0.1, 0.15) is 24.5 Å². The minimum absolute atomic E-state index is 0.0606. The Hall–Kier alpha value is -2.96. The molecule has 3 rings (SSSR count). The molecule has 0 aromatic heterocycles. The number of rotatable bonds is 7. The van der Waals surface area contributed by atoms with E-state index in [9.17, 15) is 18.4 Å². The lowest BCUT2D eigenvalue weighted by atomic mass is 10.1. The minimum atomic E-state index is -2.87. The molecule has 1 N–H and O–H groups in total. The third-order valence-electron chi connectivity index (χ3n) is 4.77. The Morgan fingerprint density at radius 3 is 2.61 bits per heavy atom. The van der Waals surface area contributed by atoms with Gasteiger partial charge in [-0.25, -0.2) is 0 Å². The van der Waals surface area contributed by atoms with Crippen LogP contribution in [0.5, 0.6) is 5.75 Å². The largest absolute Gasteiger partial charge is 0.435 e. The van der Waals surface area contributed by atoms with Crippen molar-refractivity contribution >= 4 is 17.5 Å². The van der Waals surface area contributed by atoms with Gasteiger partial charge in [-0.2, -0.15) is 8.78 Å². The van der Waals surface area contributed by atoms with E-state index in [2.05, 4.69) is 10.1 Å². The minimum Gasteiger partial charge on any atom is -0.435 e. The highest BCUT2D eigenvalue weighted by Gasteiger charge is 2.35. The molecule has 0 aliphatic carbocycles. The summed E-state index contributed by atoms with van der Waals surface area (Å²) in [7, 11) is 0. The monoisotopic (exact) mass is 388 g/mol. The summed E-state index contributed by atoms with van der Waals surface area (Å²) in [5.74, 6) is -0.608. The number of nitrogens with one attached hydrogen (secondary N) is 1. The maximum absolute atomic E-state index is 12.5. The smallest absolute Gasteiger partial charge is 0.387 e. The summed E-state index contributed by atoms with van der Waals surface area (Å²) in [5, 5.41) is 2.82. The highest BCUT2D eigenvalue weighted by molar-refractivity contribution is 6.00. The molecule has 7 heteroatoms. The van der Waals surface area contributed by atoms with Crippen LogP contribution < -0.4 is 15.0 Å². The molecule has 1 atom stereocenters. The number of alkyl halides is 2. The lowest BCUT2D eigenvalue weighted by molar-refractivity contribution is -0.126. The van der Waals surface area contributed by atoms with Gasteiger partial charge in [-0.15, -0.1) is 0 Å². The molecule has 1 saturated heterocycles. The number of benzene rings is 2. The highest BCUT2D eigenvalue weighted by Crippen LogP contribution is 2.28. The van der Waals surface area contributed by atoms with Crippen molar-refractivity contribution in [1.82, 2.24) is 5.32 Å². The molecule has 0 saturated carbocycles. The van der Waals surface area contributed by atoms with Crippen molar-refractivity contribution in [2.75, 3.05) is 11.4 Å². The molecule has 2 aromatic rings. The number of halogens is 2. The molecule has 1 heterocycles. The molecule has 2 amide bonds. The maximum Gasteiger partial charge on any atom is 0.387 e. The van der Waals surface area contributed by atoms with Gasteiger partial charge in [-0.3, -0.25) is 9.59 Å². The second-order valence-corrected chi connectivity index (χ2v) is 6.63. The summed E-state index contributed by atoms with van der Waals surface area (Å²) < 4.78 is 28.6. The van der Waals surface area contributed by atoms with Gasteiger partial charge in [0.15, 0.2) is 0 Å². The van der Waals surface area contributed by atoms with Gasteiger partial charge in [0.25, 0.3) is 0 Å². The van der Waals surface area contributed by atoms with E-state index in [4.69, 9.17) is 0 Å². The SMILES string of the molecule is CCc1ccccc1N1CC(C(=O)NCc2ccc(OC(F)F)cc2)CC1=O. The van der Waals surface area contributed by atoms with Gasteiger partial charge >= 0.3 is 6.61 Å². The summed E-state index contributed by atoms with van der Waals surface area (Å²) >= 11 is 0. The quantitative estimate of drug-likeness (QED) is 0.790. The van der Waals surface area contributed by atoms with E-state index in [-0.39, 0.29) is 30.5 Å². The number of carbonyl (C=O) groups excluding carboxylic acids is 2. The van der Waals surface area contributed by atoms with Crippen LogP contribution in [-0.2, 0) is 22.6 Å². The van der Waals surface area contributed by atoms with Gasteiger partial charge in [-0.1, -0.05) is 37.3 Å². The first-order valence-corrected chi connectivity index (χ1v) is 9.17. The standard InChI is InChI=1S/C21H22F2N2O3/c1-2-15-5-3-4-6-18(15)25-13-16(11-19(25)26)20(27)24-12-14-7-9-17(10-8-14)28-21(22)23/h3-10,16,21H,2,11-13H2,1H3,(H,24,27). The van der Waals surface area contributed by atoms with Crippen LogP contribution in [0, 0.1) is 5.92 Å². The Balaban J connectivity index is 1.57. The first-order chi connectivity index (χ1) is 13.5. The predicted molar refractivity (Wildman–Crippen MR) is 101 cm³/mol. The van der Waals surface area contributed by atoms with Crippen LogP contribution in [-0.4, -0.2) is 25.0 Å². The molecule has 0 bridgehead atoms. The number of nitrogens with zero attached hydrogens (tertiary/aromatic N) is 1. The summed E-state index contributed by atoms with van der Waals surface area (Å²) in [6.07, 6.45) is 0.979. The fourth-order valence-electron chi connectivity index (χ4n) is 3.31. The van der Waals surface area contributed by atoms with Crippen molar-refractivity contribution in [1.29, 1.82) is 0 Å². The number of ether oxygens (including phenoxy) is 1. The Bertz CT molecular complexity index is 840. The second-order valence-electron chi connectivity index (χ2n) is 6.63. The van der Waals surface area contributed by atoms with Crippen LogP contribution in [0.25, 0.3) is 0 Å².